The Morgan fingerprint density at radius 2 is 2.40 bits per heavy atom. The highest BCUT2D eigenvalue weighted by atomic mass is 16.5. The number of ether oxygens (including phenoxy) is 2. The lowest BCUT2D eigenvalue weighted by molar-refractivity contribution is -0.0459. The number of likely N-dealkylation sites (N-methyl/N-ethyl adjacent to an activating group) is 1. The Hall–Kier alpha value is -1.17. The number of hydrogen-bond donors (Lipinski definition) is 1. The SMILES string of the molecule is CCCN1CCOC(C(NC)c2cncc(OC)c2)C1. The number of rotatable bonds is 6. The zero-order valence-corrected chi connectivity index (χ0v) is 12.6. The maximum absolute atomic E-state index is 5.96. The maximum Gasteiger partial charge on any atom is 0.137 e. The lowest BCUT2D eigenvalue weighted by Crippen LogP contribution is -2.47. The summed E-state index contributed by atoms with van der Waals surface area (Å²) in [6.45, 7) is 6.12. The van der Waals surface area contributed by atoms with E-state index < -0.39 is 0 Å². The molecule has 2 rings (SSSR count). The third kappa shape index (κ3) is 3.69. The van der Waals surface area contributed by atoms with Gasteiger partial charge >= 0.3 is 0 Å². The van der Waals surface area contributed by atoms with Crippen molar-refractivity contribution in [1.82, 2.24) is 15.2 Å². The molecule has 1 aromatic heterocycles. The lowest BCUT2D eigenvalue weighted by atomic mass is 10.0. The molecule has 1 aliphatic rings. The topological polar surface area (TPSA) is 46.6 Å². The molecule has 0 aliphatic carbocycles. The van der Waals surface area contributed by atoms with Crippen molar-refractivity contribution in [3.8, 4) is 5.75 Å². The first-order valence-corrected chi connectivity index (χ1v) is 7.28. The smallest absolute Gasteiger partial charge is 0.137 e. The van der Waals surface area contributed by atoms with Crippen LogP contribution in [0.1, 0.15) is 24.9 Å². The average Bonchev–Trinajstić information content (AvgIpc) is 2.49. The summed E-state index contributed by atoms with van der Waals surface area (Å²) in [6.07, 6.45) is 4.93. The predicted molar refractivity (Wildman–Crippen MR) is 79.1 cm³/mol. The van der Waals surface area contributed by atoms with E-state index in [4.69, 9.17) is 9.47 Å². The fourth-order valence-corrected chi connectivity index (χ4v) is 2.74. The number of morpholine rings is 1. The van der Waals surface area contributed by atoms with E-state index >= 15 is 0 Å². The van der Waals surface area contributed by atoms with Crippen molar-refractivity contribution in [3.63, 3.8) is 0 Å². The molecule has 0 radical (unpaired) electrons. The molecule has 0 saturated carbocycles. The molecule has 112 valence electrons. The van der Waals surface area contributed by atoms with Gasteiger partial charge in [-0.2, -0.15) is 0 Å². The summed E-state index contributed by atoms with van der Waals surface area (Å²) in [5, 5.41) is 3.35. The second kappa shape index (κ2) is 7.57. The van der Waals surface area contributed by atoms with Gasteiger partial charge in [-0.3, -0.25) is 9.88 Å². The first-order chi connectivity index (χ1) is 9.78. The Morgan fingerprint density at radius 3 is 3.10 bits per heavy atom. The molecule has 20 heavy (non-hydrogen) atoms. The first kappa shape index (κ1) is 15.2. The average molecular weight is 279 g/mol. The Bertz CT molecular complexity index is 412. The van der Waals surface area contributed by atoms with Crippen LogP contribution < -0.4 is 10.1 Å². The van der Waals surface area contributed by atoms with Crippen LogP contribution in [0.25, 0.3) is 0 Å². The first-order valence-electron chi connectivity index (χ1n) is 7.28. The van der Waals surface area contributed by atoms with E-state index in [0.717, 1.165) is 37.6 Å². The van der Waals surface area contributed by atoms with Gasteiger partial charge in [0.25, 0.3) is 0 Å². The van der Waals surface area contributed by atoms with Gasteiger partial charge in [-0.25, -0.2) is 0 Å². The molecule has 1 N–H and O–H groups in total. The minimum atomic E-state index is 0.136. The minimum Gasteiger partial charge on any atom is -0.495 e. The van der Waals surface area contributed by atoms with Crippen molar-refractivity contribution in [2.45, 2.75) is 25.5 Å². The van der Waals surface area contributed by atoms with E-state index in [1.165, 1.54) is 6.42 Å². The molecule has 0 aromatic carbocycles. The van der Waals surface area contributed by atoms with E-state index in [9.17, 15) is 0 Å². The lowest BCUT2D eigenvalue weighted by Gasteiger charge is -2.37. The number of nitrogens with zero attached hydrogens (tertiary/aromatic N) is 2. The van der Waals surface area contributed by atoms with Crippen LogP contribution in [0.4, 0.5) is 0 Å². The summed E-state index contributed by atoms with van der Waals surface area (Å²) in [7, 11) is 3.63. The molecular weight excluding hydrogens is 254 g/mol. The number of hydrogen-bond acceptors (Lipinski definition) is 5. The predicted octanol–water partition coefficient (Wildman–Crippen LogP) is 1.46. The summed E-state index contributed by atoms with van der Waals surface area (Å²) in [4.78, 5) is 6.70. The molecule has 1 saturated heterocycles. The number of methoxy groups -OCH3 is 1. The molecule has 0 spiro atoms. The van der Waals surface area contributed by atoms with Crippen LogP contribution in [-0.2, 0) is 4.74 Å². The largest absolute Gasteiger partial charge is 0.495 e. The minimum absolute atomic E-state index is 0.136. The fourth-order valence-electron chi connectivity index (χ4n) is 2.74. The second-order valence-corrected chi connectivity index (χ2v) is 5.13. The fraction of sp³-hybridized carbons (Fsp3) is 0.667. The number of pyridine rings is 1. The molecular formula is C15H25N3O2. The van der Waals surface area contributed by atoms with E-state index in [-0.39, 0.29) is 12.1 Å². The van der Waals surface area contributed by atoms with Crippen molar-refractivity contribution in [2.24, 2.45) is 0 Å². The maximum atomic E-state index is 5.96. The van der Waals surface area contributed by atoms with Crippen molar-refractivity contribution < 1.29 is 9.47 Å². The third-order valence-corrected chi connectivity index (χ3v) is 3.73. The summed E-state index contributed by atoms with van der Waals surface area (Å²) in [5.41, 5.74) is 1.11. The van der Waals surface area contributed by atoms with Crippen LogP contribution in [0.15, 0.2) is 18.5 Å². The number of aromatic nitrogens is 1. The van der Waals surface area contributed by atoms with Crippen molar-refractivity contribution in [1.29, 1.82) is 0 Å². The van der Waals surface area contributed by atoms with Gasteiger partial charge in [-0.05, 0) is 31.6 Å². The van der Waals surface area contributed by atoms with Crippen LogP contribution in [0.2, 0.25) is 0 Å². The van der Waals surface area contributed by atoms with Crippen molar-refractivity contribution in [3.05, 3.63) is 24.0 Å². The summed E-state index contributed by atoms with van der Waals surface area (Å²) in [5.74, 6) is 0.781. The van der Waals surface area contributed by atoms with E-state index in [0.29, 0.717) is 0 Å². The summed E-state index contributed by atoms with van der Waals surface area (Å²) >= 11 is 0. The van der Waals surface area contributed by atoms with E-state index in [1.807, 2.05) is 19.3 Å². The normalized spacial score (nSPS) is 21.6. The second-order valence-electron chi connectivity index (χ2n) is 5.13. The molecule has 0 bridgehead atoms. The highest BCUT2D eigenvalue weighted by Crippen LogP contribution is 2.24. The monoisotopic (exact) mass is 279 g/mol. The van der Waals surface area contributed by atoms with Crippen molar-refractivity contribution >= 4 is 0 Å². The molecule has 5 nitrogen and oxygen atoms in total. The molecule has 2 unspecified atom stereocenters. The molecule has 0 amide bonds. The van der Waals surface area contributed by atoms with Gasteiger partial charge in [0.15, 0.2) is 0 Å². The zero-order valence-electron chi connectivity index (χ0n) is 12.6. The van der Waals surface area contributed by atoms with Gasteiger partial charge in [-0.15, -0.1) is 0 Å². The molecule has 5 heteroatoms. The van der Waals surface area contributed by atoms with Crippen LogP contribution in [0.5, 0.6) is 5.75 Å². The van der Waals surface area contributed by atoms with Gasteiger partial charge in [0, 0.05) is 19.3 Å². The van der Waals surface area contributed by atoms with Crippen molar-refractivity contribution in [2.75, 3.05) is 40.4 Å². The van der Waals surface area contributed by atoms with Gasteiger partial charge in [0.05, 0.1) is 32.1 Å². The van der Waals surface area contributed by atoms with Crippen LogP contribution in [0, 0.1) is 0 Å². The summed E-state index contributed by atoms with van der Waals surface area (Å²) < 4.78 is 11.2. The molecule has 1 fully saturated rings. The van der Waals surface area contributed by atoms with Crippen LogP contribution >= 0.6 is 0 Å². The molecule has 2 atom stereocenters. The zero-order chi connectivity index (χ0) is 14.4. The van der Waals surface area contributed by atoms with Crippen LogP contribution in [-0.4, -0.2) is 56.4 Å². The molecule has 2 heterocycles. The van der Waals surface area contributed by atoms with E-state index in [1.54, 1.807) is 13.3 Å². The Labute approximate surface area is 121 Å². The third-order valence-electron chi connectivity index (χ3n) is 3.73. The molecule has 1 aliphatic heterocycles. The van der Waals surface area contributed by atoms with Gasteiger partial charge in [0.1, 0.15) is 5.75 Å². The van der Waals surface area contributed by atoms with Crippen LogP contribution in [0.3, 0.4) is 0 Å². The quantitative estimate of drug-likeness (QED) is 0.854. The Morgan fingerprint density at radius 1 is 1.55 bits per heavy atom. The van der Waals surface area contributed by atoms with Gasteiger partial charge in [0.2, 0.25) is 0 Å². The Kier molecular flexibility index (Phi) is 5.76. The van der Waals surface area contributed by atoms with Gasteiger partial charge < -0.3 is 14.8 Å². The highest BCUT2D eigenvalue weighted by Gasteiger charge is 2.28. The van der Waals surface area contributed by atoms with E-state index in [2.05, 4.69) is 22.1 Å². The standard InChI is InChI=1S/C15H25N3O2/c1-4-5-18-6-7-20-14(11-18)15(16-2)12-8-13(19-3)10-17-9-12/h8-10,14-16H,4-7,11H2,1-3H3. The highest BCUT2D eigenvalue weighted by molar-refractivity contribution is 5.26. The number of nitrogens with one attached hydrogen (secondary N) is 1. The Balaban J connectivity index is 2.10. The summed E-state index contributed by atoms with van der Waals surface area (Å²) in [6, 6.07) is 2.16. The molecule has 1 aromatic rings. The van der Waals surface area contributed by atoms with Gasteiger partial charge in [-0.1, -0.05) is 6.92 Å².